The van der Waals surface area contributed by atoms with Crippen LogP contribution in [-0.4, -0.2) is 55.2 Å². The first-order valence-electron chi connectivity index (χ1n) is 11.8. The number of rotatable bonds is 4. The average Bonchev–Trinajstić information content (AvgIpc) is 3.59. The predicted octanol–water partition coefficient (Wildman–Crippen LogP) is 3.25. The molecule has 5 N–H and O–H groups in total. The van der Waals surface area contributed by atoms with E-state index in [4.69, 9.17) is 15.7 Å². The molecule has 2 aliphatic rings. The Bertz CT molecular complexity index is 1610. The van der Waals surface area contributed by atoms with E-state index in [-0.39, 0.29) is 17.9 Å². The van der Waals surface area contributed by atoms with E-state index in [1.807, 2.05) is 12.3 Å². The van der Waals surface area contributed by atoms with E-state index in [2.05, 4.69) is 37.5 Å². The second kappa shape index (κ2) is 7.25. The monoisotopic (exact) mass is 472 g/mol. The molecule has 5 aromatic rings. The van der Waals surface area contributed by atoms with Crippen LogP contribution in [0.25, 0.3) is 27.6 Å². The number of piperidine rings is 1. The van der Waals surface area contributed by atoms with Gasteiger partial charge in [-0.2, -0.15) is 15.1 Å². The molecule has 35 heavy (non-hydrogen) atoms. The second-order valence-electron chi connectivity index (χ2n) is 9.59. The normalized spacial score (nSPS) is 23.7. The van der Waals surface area contributed by atoms with Gasteiger partial charge in [0.2, 0.25) is 5.95 Å². The number of nitrogens with one attached hydrogen (secondary N) is 3. The van der Waals surface area contributed by atoms with Crippen LogP contribution in [0.4, 0.5) is 27.5 Å². The van der Waals surface area contributed by atoms with Crippen molar-refractivity contribution < 1.29 is 4.39 Å². The number of hydrogen-bond donors (Lipinski definition) is 4. The highest BCUT2D eigenvalue weighted by Crippen LogP contribution is 2.46. The van der Waals surface area contributed by atoms with E-state index < -0.39 is 0 Å². The van der Waals surface area contributed by atoms with Crippen molar-refractivity contribution in [3.05, 3.63) is 42.6 Å². The van der Waals surface area contributed by atoms with Gasteiger partial charge in [0.05, 0.1) is 40.9 Å². The summed E-state index contributed by atoms with van der Waals surface area (Å²) >= 11 is 0. The number of benzene rings is 1. The van der Waals surface area contributed by atoms with Crippen molar-refractivity contribution in [2.24, 2.45) is 17.6 Å². The van der Waals surface area contributed by atoms with Crippen LogP contribution in [0.15, 0.2) is 36.8 Å². The molecule has 1 saturated heterocycles. The summed E-state index contributed by atoms with van der Waals surface area (Å²) < 4.78 is 16.3. The molecule has 0 radical (unpaired) electrons. The Morgan fingerprint density at radius 1 is 1.26 bits per heavy atom. The zero-order valence-electron chi connectivity index (χ0n) is 19.3. The summed E-state index contributed by atoms with van der Waals surface area (Å²) in [4.78, 5) is 19.9. The highest BCUT2D eigenvalue weighted by Gasteiger charge is 2.49. The van der Waals surface area contributed by atoms with Crippen molar-refractivity contribution in [3.8, 4) is 0 Å². The molecule has 178 valence electrons. The molecule has 4 atom stereocenters. The van der Waals surface area contributed by atoms with Gasteiger partial charge in [0.25, 0.3) is 0 Å². The highest BCUT2D eigenvalue weighted by atomic mass is 19.1. The molecule has 1 aliphatic heterocycles. The number of aromatic amines is 1. The Kier molecular flexibility index (Phi) is 4.23. The Hall–Kier alpha value is -3.99. The largest absolute Gasteiger partial charge is 0.386 e. The van der Waals surface area contributed by atoms with Crippen molar-refractivity contribution in [3.63, 3.8) is 0 Å². The number of anilines is 4. The van der Waals surface area contributed by atoms with Crippen molar-refractivity contribution in [1.29, 1.82) is 0 Å². The summed E-state index contributed by atoms with van der Waals surface area (Å²) in [5.74, 6) is 1.78. The van der Waals surface area contributed by atoms with Gasteiger partial charge in [-0.1, -0.05) is 6.92 Å². The lowest BCUT2D eigenvalue weighted by molar-refractivity contribution is 0.436. The third-order valence-electron chi connectivity index (χ3n) is 7.70. The van der Waals surface area contributed by atoms with Crippen LogP contribution >= 0.6 is 0 Å². The quantitative estimate of drug-likeness (QED) is 0.314. The summed E-state index contributed by atoms with van der Waals surface area (Å²) in [5, 5.41) is 12.2. The molecule has 0 amide bonds. The van der Waals surface area contributed by atoms with E-state index in [1.165, 1.54) is 6.07 Å². The van der Waals surface area contributed by atoms with Gasteiger partial charge in [0, 0.05) is 37.1 Å². The molecular weight excluding hydrogens is 447 g/mol. The molecule has 1 aliphatic carbocycles. The molecule has 11 heteroatoms. The van der Waals surface area contributed by atoms with E-state index in [0.29, 0.717) is 34.8 Å². The van der Waals surface area contributed by atoms with Crippen molar-refractivity contribution >= 4 is 50.7 Å². The maximum absolute atomic E-state index is 14.6. The predicted molar refractivity (Wildman–Crippen MR) is 134 cm³/mol. The Morgan fingerprint density at radius 3 is 2.91 bits per heavy atom. The zero-order valence-corrected chi connectivity index (χ0v) is 19.3. The van der Waals surface area contributed by atoms with E-state index in [1.54, 1.807) is 30.0 Å². The minimum absolute atomic E-state index is 0.198. The van der Waals surface area contributed by atoms with Crippen LogP contribution in [0.1, 0.15) is 13.3 Å². The minimum Gasteiger partial charge on any atom is -0.386 e. The van der Waals surface area contributed by atoms with Crippen molar-refractivity contribution in [2.75, 3.05) is 29.1 Å². The van der Waals surface area contributed by atoms with Crippen molar-refractivity contribution in [2.45, 2.75) is 25.4 Å². The topological polar surface area (TPSA) is 125 Å². The highest BCUT2D eigenvalue weighted by molar-refractivity contribution is 6.15. The lowest BCUT2D eigenvalue weighted by Crippen LogP contribution is -2.41. The number of H-pyrrole nitrogens is 1. The SMILES string of the molecule is CNc1cc(F)cc2c1[nH]c1nc(Nc3cnc4ccnn4c3)nc(N3C[C@@H]4[C@H](N)CC3[C@@H]4C)c12. The first kappa shape index (κ1) is 20.4. The van der Waals surface area contributed by atoms with Gasteiger partial charge in [-0.25, -0.2) is 13.9 Å². The van der Waals surface area contributed by atoms with Crippen LogP contribution < -0.4 is 21.3 Å². The first-order valence-corrected chi connectivity index (χ1v) is 11.8. The maximum Gasteiger partial charge on any atom is 0.231 e. The van der Waals surface area contributed by atoms with Gasteiger partial charge in [0.1, 0.15) is 17.3 Å². The minimum atomic E-state index is -0.312. The molecule has 4 aromatic heterocycles. The average molecular weight is 473 g/mol. The summed E-state index contributed by atoms with van der Waals surface area (Å²) in [5.41, 5.74) is 9.98. The fourth-order valence-corrected chi connectivity index (χ4v) is 5.97. The number of nitrogens with two attached hydrogens (primary N) is 1. The maximum atomic E-state index is 14.6. The number of nitrogens with zero attached hydrogens (tertiary/aromatic N) is 6. The van der Waals surface area contributed by atoms with Gasteiger partial charge >= 0.3 is 0 Å². The number of hydrogen-bond acceptors (Lipinski definition) is 8. The van der Waals surface area contributed by atoms with Crippen LogP contribution in [0, 0.1) is 17.7 Å². The van der Waals surface area contributed by atoms with Crippen LogP contribution in [0.3, 0.4) is 0 Å². The molecule has 1 unspecified atom stereocenters. The molecular formula is C24H25FN10. The standard InChI is InChI=1S/C24H25FN10/c1-11-15-10-34(18(11)7-16(15)26)23-20-14-5-12(25)6-17(27-2)21(14)31-22(20)32-24(33-23)30-13-8-28-19-3-4-29-35(19)9-13/h3-6,8-9,11,15-16,18,27H,7,10,26H2,1-2H3,(H2,30,31,32,33)/t11-,15+,16-,18?/m1/s1. The fraction of sp³-hybridized carbons (Fsp3) is 0.333. The Morgan fingerprint density at radius 2 is 2.14 bits per heavy atom. The van der Waals surface area contributed by atoms with Crippen LogP contribution in [0.2, 0.25) is 0 Å². The lowest BCUT2D eigenvalue weighted by atomic mass is 9.98. The molecule has 2 fully saturated rings. The smallest absolute Gasteiger partial charge is 0.231 e. The van der Waals surface area contributed by atoms with Gasteiger partial charge in [-0.15, -0.1) is 0 Å². The van der Waals surface area contributed by atoms with Crippen LogP contribution in [-0.2, 0) is 0 Å². The summed E-state index contributed by atoms with van der Waals surface area (Å²) in [6.45, 7) is 3.08. The summed E-state index contributed by atoms with van der Waals surface area (Å²) in [6.07, 6.45) is 6.18. The molecule has 1 aromatic carbocycles. The molecule has 0 spiro atoms. The number of aromatic nitrogens is 6. The van der Waals surface area contributed by atoms with Gasteiger partial charge in [-0.3, -0.25) is 0 Å². The molecule has 7 rings (SSSR count). The molecule has 5 heterocycles. The van der Waals surface area contributed by atoms with E-state index in [9.17, 15) is 4.39 Å². The van der Waals surface area contributed by atoms with E-state index >= 15 is 0 Å². The molecule has 10 nitrogen and oxygen atoms in total. The molecule has 1 saturated carbocycles. The van der Waals surface area contributed by atoms with E-state index in [0.717, 1.165) is 40.7 Å². The first-order chi connectivity index (χ1) is 17.0. The number of halogens is 1. The van der Waals surface area contributed by atoms with Gasteiger partial charge < -0.3 is 26.3 Å². The second-order valence-corrected chi connectivity index (χ2v) is 9.59. The van der Waals surface area contributed by atoms with Gasteiger partial charge in [0.15, 0.2) is 5.65 Å². The Balaban J connectivity index is 1.42. The Labute approximate surface area is 199 Å². The van der Waals surface area contributed by atoms with Crippen LogP contribution in [0.5, 0.6) is 0 Å². The fourth-order valence-electron chi connectivity index (χ4n) is 5.97. The third-order valence-corrected chi connectivity index (χ3v) is 7.70. The number of fused-ring (bicyclic) bond motifs is 6. The van der Waals surface area contributed by atoms with Gasteiger partial charge in [-0.05, 0) is 30.4 Å². The summed E-state index contributed by atoms with van der Waals surface area (Å²) in [6, 6.07) is 5.35. The summed E-state index contributed by atoms with van der Waals surface area (Å²) in [7, 11) is 1.78. The third kappa shape index (κ3) is 2.97. The lowest BCUT2D eigenvalue weighted by Gasteiger charge is -2.31. The van der Waals surface area contributed by atoms with Crippen molar-refractivity contribution in [1.82, 2.24) is 29.5 Å². The zero-order chi connectivity index (χ0) is 23.8. The molecule has 2 bridgehead atoms.